The predicted molar refractivity (Wildman–Crippen MR) is 148 cm³/mol. The van der Waals surface area contributed by atoms with Gasteiger partial charge in [0, 0.05) is 22.9 Å². The van der Waals surface area contributed by atoms with E-state index in [1.54, 1.807) is 16.8 Å². The first kappa shape index (κ1) is 28.2. The van der Waals surface area contributed by atoms with Crippen molar-refractivity contribution >= 4 is 34.7 Å². The van der Waals surface area contributed by atoms with E-state index in [1.807, 2.05) is 49.4 Å². The SMILES string of the molecule is CSC(=O)Oc1c2n(ccc1=O)N([C@@H]1c3ccccc3SCc3c(C)cccc31)CN([C@H](C)C(F)(F)F)C(=O)C2. The molecule has 0 spiro atoms. The van der Waals surface area contributed by atoms with Crippen LogP contribution in [0.4, 0.5) is 18.0 Å². The molecule has 3 heterocycles. The molecule has 0 aliphatic carbocycles. The van der Waals surface area contributed by atoms with E-state index in [0.717, 1.165) is 50.7 Å². The molecule has 2 aliphatic rings. The summed E-state index contributed by atoms with van der Waals surface area (Å²) in [5.41, 5.74) is 3.16. The first-order chi connectivity index (χ1) is 19.0. The third kappa shape index (κ3) is 5.10. The second-order valence-electron chi connectivity index (χ2n) is 9.57. The molecule has 0 N–H and O–H groups in total. The molecule has 0 bridgehead atoms. The molecular weight excluding hydrogens is 563 g/mol. The fourth-order valence-corrected chi connectivity index (χ4v) is 6.49. The van der Waals surface area contributed by atoms with Crippen LogP contribution in [-0.4, -0.2) is 45.9 Å². The normalized spacial score (nSPS) is 17.8. The van der Waals surface area contributed by atoms with Gasteiger partial charge in [0.1, 0.15) is 12.7 Å². The summed E-state index contributed by atoms with van der Waals surface area (Å²) in [4.78, 5) is 40.3. The lowest BCUT2D eigenvalue weighted by atomic mass is 9.92. The van der Waals surface area contributed by atoms with Gasteiger partial charge in [0.2, 0.25) is 17.1 Å². The largest absolute Gasteiger partial charge is 0.412 e. The first-order valence-corrected chi connectivity index (χ1v) is 14.7. The number of benzene rings is 2. The van der Waals surface area contributed by atoms with Crippen LogP contribution in [0.15, 0.2) is 64.4 Å². The quantitative estimate of drug-likeness (QED) is 0.366. The topological polar surface area (TPSA) is 71.8 Å². The number of alkyl halides is 3. The van der Waals surface area contributed by atoms with Gasteiger partial charge in [-0.1, -0.05) is 36.4 Å². The molecule has 0 radical (unpaired) electrons. The lowest BCUT2D eigenvalue weighted by Gasteiger charge is -2.40. The molecule has 2 aromatic carbocycles. The number of carbonyl (C=O) groups excluding carboxylic acids is 2. The molecule has 5 rings (SSSR count). The van der Waals surface area contributed by atoms with Crippen molar-refractivity contribution in [3.63, 3.8) is 0 Å². The Hall–Kier alpha value is -3.38. The van der Waals surface area contributed by atoms with Gasteiger partial charge in [-0.25, -0.2) is 4.79 Å². The second kappa shape index (κ2) is 10.9. The van der Waals surface area contributed by atoms with E-state index < -0.39 is 48.0 Å². The Labute approximate surface area is 237 Å². The van der Waals surface area contributed by atoms with Crippen molar-refractivity contribution in [2.45, 2.75) is 49.2 Å². The van der Waals surface area contributed by atoms with E-state index in [1.165, 1.54) is 23.2 Å². The Morgan fingerprint density at radius 3 is 2.55 bits per heavy atom. The van der Waals surface area contributed by atoms with Crippen molar-refractivity contribution in [1.82, 2.24) is 9.58 Å². The Morgan fingerprint density at radius 2 is 1.82 bits per heavy atom. The average molecular weight is 590 g/mol. The van der Waals surface area contributed by atoms with Gasteiger partial charge in [0.25, 0.3) is 0 Å². The fraction of sp³-hybridized carbons (Fsp3) is 0.321. The monoisotopic (exact) mass is 589 g/mol. The maximum absolute atomic E-state index is 14.1. The van der Waals surface area contributed by atoms with E-state index in [2.05, 4.69) is 0 Å². The van der Waals surface area contributed by atoms with Gasteiger partial charge in [-0.3, -0.25) is 19.3 Å². The molecule has 0 saturated carbocycles. The summed E-state index contributed by atoms with van der Waals surface area (Å²) in [6, 6.07) is 12.0. The van der Waals surface area contributed by atoms with Crippen molar-refractivity contribution in [3.05, 3.63) is 92.9 Å². The van der Waals surface area contributed by atoms with Gasteiger partial charge in [0.15, 0.2) is 0 Å². The molecule has 1 amide bonds. The van der Waals surface area contributed by atoms with Crippen LogP contribution in [0.25, 0.3) is 0 Å². The van der Waals surface area contributed by atoms with E-state index in [4.69, 9.17) is 4.74 Å². The molecule has 0 fully saturated rings. The Morgan fingerprint density at radius 1 is 1.10 bits per heavy atom. The first-order valence-electron chi connectivity index (χ1n) is 12.4. The number of ether oxygens (including phenoxy) is 1. The van der Waals surface area contributed by atoms with E-state index in [9.17, 15) is 27.6 Å². The van der Waals surface area contributed by atoms with Crippen LogP contribution in [0.3, 0.4) is 0 Å². The Balaban J connectivity index is 1.80. The predicted octanol–water partition coefficient (Wildman–Crippen LogP) is 5.64. The number of thioether (sulfide) groups is 2. The highest BCUT2D eigenvalue weighted by atomic mass is 32.2. The summed E-state index contributed by atoms with van der Waals surface area (Å²) < 4.78 is 49.0. The van der Waals surface area contributed by atoms with Crippen LogP contribution in [-0.2, 0) is 17.0 Å². The highest BCUT2D eigenvalue weighted by Gasteiger charge is 2.45. The van der Waals surface area contributed by atoms with Crippen LogP contribution < -0.4 is 15.2 Å². The molecule has 7 nitrogen and oxygen atoms in total. The second-order valence-corrected chi connectivity index (χ2v) is 11.3. The van der Waals surface area contributed by atoms with E-state index in [0.29, 0.717) is 5.75 Å². The molecule has 40 heavy (non-hydrogen) atoms. The molecule has 0 saturated heterocycles. The van der Waals surface area contributed by atoms with E-state index in [-0.39, 0.29) is 11.4 Å². The molecule has 2 aliphatic heterocycles. The van der Waals surface area contributed by atoms with Crippen molar-refractivity contribution in [2.24, 2.45) is 0 Å². The van der Waals surface area contributed by atoms with Crippen molar-refractivity contribution in [1.29, 1.82) is 0 Å². The highest BCUT2D eigenvalue weighted by Crippen LogP contribution is 2.44. The smallest absolute Gasteiger partial charge is 0.408 e. The number of aromatic nitrogens is 1. The molecule has 3 aromatic rings. The van der Waals surface area contributed by atoms with Crippen LogP contribution in [0.5, 0.6) is 5.75 Å². The molecule has 210 valence electrons. The minimum Gasteiger partial charge on any atom is -0.412 e. The lowest BCUT2D eigenvalue weighted by molar-refractivity contribution is -0.185. The number of aryl methyl sites for hydroxylation is 1. The van der Waals surface area contributed by atoms with Crippen LogP contribution in [0.2, 0.25) is 0 Å². The average Bonchev–Trinajstić information content (AvgIpc) is 3.17. The van der Waals surface area contributed by atoms with Gasteiger partial charge in [-0.2, -0.15) is 13.2 Å². The number of halogens is 3. The summed E-state index contributed by atoms with van der Waals surface area (Å²) in [5, 5.41) is 0.883. The Kier molecular flexibility index (Phi) is 7.66. The number of rotatable bonds is 3. The Bertz CT molecular complexity index is 1540. The number of carbonyl (C=O) groups is 2. The highest BCUT2D eigenvalue weighted by molar-refractivity contribution is 8.12. The molecule has 1 aromatic heterocycles. The van der Waals surface area contributed by atoms with Gasteiger partial charge < -0.3 is 9.64 Å². The van der Waals surface area contributed by atoms with E-state index >= 15 is 0 Å². The molecular formula is C28H26F3N3O4S2. The minimum absolute atomic E-state index is 0.0142. The maximum Gasteiger partial charge on any atom is 0.408 e. The van der Waals surface area contributed by atoms with Gasteiger partial charge in [-0.05, 0) is 60.2 Å². The fourth-order valence-electron chi connectivity index (χ4n) is 5.11. The third-order valence-electron chi connectivity index (χ3n) is 7.26. The summed E-state index contributed by atoms with van der Waals surface area (Å²) >= 11 is 2.37. The van der Waals surface area contributed by atoms with Crippen LogP contribution in [0.1, 0.15) is 40.9 Å². The number of hydrogen-bond donors (Lipinski definition) is 0. The number of hydrogen-bond acceptors (Lipinski definition) is 7. The summed E-state index contributed by atoms with van der Waals surface area (Å²) in [6.07, 6.45) is -2.34. The minimum atomic E-state index is -4.69. The van der Waals surface area contributed by atoms with Crippen LogP contribution >= 0.6 is 23.5 Å². The van der Waals surface area contributed by atoms with Crippen molar-refractivity contribution in [3.8, 4) is 5.75 Å². The van der Waals surface area contributed by atoms with Crippen molar-refractivity contribution in [2.75, 3.05) is 17.9 Å². The number of amides is 1. The lowest BCUT2D eigenvalue weighted by Crippen LogP contribution is -2.53. The molecule has 12 heteroatoms. The molecule has 0 unspecified atom stereocenters. The summed E-state index contributed by atoms with van der Waals surface area (Å²) in [6.45, 7) is 2.50. The van der Waals surface area contributed by atoms with Gasteiger partial charge in [0.05, 0.1) is 18.2 Å². The summed E-state index contributed by atoms with van der Waals surface area (Å²) in [5.74, 6) is -0.560. The number of nitrogens with zero attached hydrogens (tertiary/aromatic N) is 3. The standard InChI is InChI=1S/C28H26F3N3O4S2/c1-16-7-6-9-18-20(16)14-40-23-10-5-4-8-19(23)25(18)34-15-32(17(2)28(29,30)31)24(36)13-21-26(38-27(37)39-3)22(35)11-12-33(21)34/h4-12,17,25H,13-15H2,1-3H3/t17-,25+/m1/s1. The number of pyridine rings is 1. The van der Waals surface area contributed by atoms with Gasteiger partial charge >= 0.3 is 11.5 Å². The zero-order valence-corrected chi connectivity index (χ0v) is 23.5. The zero-order valence-electron chi connectivity index (χ0n) is 21.9. The third-order valence-corrected chi connectivity index (χ3v) is 8.79. The maximum atomic E-state index is 14.1. The zero-order chi connectivity index (χ0) is 28.8. The van der Waals surface area contributed by atoms with Gasteiger partial charge in [-0.15, -0.1) is 11.8 Å². The van der Waals surface area contributed by atoms with Crippen molar-refractivity contribution < 1.29 is 27.5 Å². The summed E-state index contributed by atoms with van der Waals surface area (Å²) in [7, 11) is 0. The van der Waals surface area contributed by atoms with Crippen LogP contribution in [0, 0.1) is 6.92 Å². The number of fused-ring (bicyclic) bond motifs is 3. The molecule has 2 atom stereocenters.